The van der Waals surface area contributed by atoms with Crippen LogP contribution in [0.2, 0.25) is 0 Å². The van der Waals surface area contributed by atoms with Crippen molar-refractivity contribution < 1.29 is 13.2 Å². The second-order valence-electron chi connectivity index (χ2n) is 6.64. The Balaban J connectivity index is 1.29. The van der Waals surface area contributed by atoms with E-state index in [0.29, 0.717) is 24.8 Å². The van der Waals surface area contributed by atoms with Gasteiger partial charge in [0.05, 0.1) is 12.2 Å². The van der Waals surface area contributed by atoms with Crippen molar-refractivity contribution in [2.24, 2.45) is 5.92 Å². The number of anilines is 1. The van der Waals surface area contributed by atoms with Crippen molar-refractivity contribution in [2.75, 3.05) is 18.4 Å². The standard InChI is InChI=1S/C15H19F3N6/c16-15(17,18)9-1-3-24(4-2-9)11-5-10(6-11)23-14-12-13(20-7-19-12)21-8-22-14/h7-11H,1-6H2,(H2,19,20,21,22,23). The van der Waals surface area contributed by atoms with E-state index in [1.807, 2.05) is 0 Å². The Labute approximate surface area is 136 Å². The zero-order valence-electron chi connectivity index (χ0n) is 13.1. The number of alkyl halides is 3. The summed E-state index contributed by atoms with van der Waals surface area (Å²) >= 11 is 0. The summed E-state index contributed by atoms with van der Waals surface area (Å²) in [5, 5.41) is 3.38. The van der Waals surface area contributed by atoms with E-state index in [-0.39, 0.29) is 18.9 Å². The molecule has 0 spiro atoms. The minimum Gasteiger partial charge on any atom is -0.365 e. The van der Waals surface area contributed by atoms with Gasteiger partial charge < -0.3 is 15.2 Å². The summed E-state index contributed by atoms with van der Waals surface area (Å²) < 4.78 is 38.2. The number of halogens is 3. The maximum Gasteiger partial charge on any atom is 0.391 e. The lowest BCUT2D eigenvalue weighted by Gasteiger charge is -2.46. The second kappa shape index (κ2) is 5.87. The second-order valence-corrected chi connectivity index (χ2v) is 6.64. The molecule has 2 N–H and O–H groups in total. The van der Waals surface area contributed by atoms with E-state index in [4.69, 9.17) is 0 Å². The highest BCUT2D eigenvalue weighted by atomic mass is 19.4. The molecule has 2 fully saturated rings. The number of aromatic nitrogens is 4. The van der Waals surface area contributed by atoms with Gasteiger partial charge in [-0.15, -0.1) is 0 Å². The minimum absolute atomic E-state index is 0.221. The zero-order valence-corrected chi connectivity index (χ0v) is 13.1. The number of H-pyrrole nitrogens is 1. The fourth-order valence-corrected chi connectivity index (χ4v) is 3.66. The van der Waals surface area contributed by atoms with E-state index in [1.54, 1.807) is 6.33 Å². The smallest absolute Gasteiger partial charge is 0.365 e. The Morgan fingerprint density at radius 2 is 1.88 bits per heavy atom. The molecule has 2 aliphatic rings. The van der Waals surface area contributed by atoms with Crippen molar-refractivity contribution in [1.82, 2.24) is 24.8 Å². The van der Waals surface area contributed by atoms with Crippen LogP contribution < -0.4 is 5.32 Å². The molecule has 1 aliphatic heterocycles. The van der Waals surface area contributed by atoms with Crippen LogP contribution in [0.5, 0.6) is 0 Å². The molecule has 0 bridgehead atoms. The number of imidazole rings is 1. The Kier molecular flexibility index (Phi) is 3.82. The number of hydrogen-bond donors (Lipinski definition) is 2. The van der Waals surface area contributed by atoms with E-state index in [0.717, 1.165) is 24.2 Å². The van der Waals surface area contributed by atoms with Crippen molar-refractivity contribution in [3.63, 3.8) is 0 Å². The van der Waals surface area contributed by atoms with Crippen LogP contribution in [0, 0.1) is 5.92 Å². The number of fused-ring (bicyclic) bond motifs is 1. The van der Waals surface area contributed by atoms with Crippen molar-refractivity contribution in [2.45, 2.75) is 43.9 Å². The average Bonchev–Trinajstić information content (AvgIpc) is 2.99. The number of rotatable bonds is 3. The molecule has 1 saturated heterocycles. The first-order chi connectivity index (χ1) is 11.5. The lowest BCUT2D eigenvalue weighted by atomic mass is 9.83. The van der Waals surface area contributed by atoms with Crippen LogP contribution in [-0.2, 0) is 0 Å². The predicted octanol–water partition coefficient (Wildman–Crippen LogP) is 2.57. The van der Waals surface area contributed by atoms with Crippen LogP contribution in [0.15, 0.2) is 12.7 Å². The fraction of sp³-hybridized carbons (Fsp3) is 0.667. The van der Waals surface area contributed by atoms with Crippen LogP contribution >= 0.6 is 0 Å². The molecule has 1 aliphatic carbocycles. The summed E-state index contributed by atoms with van der Waals surface area (Å²) in [6, 6.07) is 0.660. The third kappa shape index (κ3) is 2.92. The maximum absolute atomic E-state index is 12.7. The van der Waals surface area contributed by atoms with Gasteiger partial charge >= 0.3 is 6.18 Å². The molecule has 130 valence electrons. The third-order valence-corrected chi connectivity index (χ3v) is 5.19. The van der Waals surface area contributed by atoms with Gasteiger partial charge in [-0.05, 0) is 38.8 Å². The first-order valence-electron chi connectivity index (χ1n) is 8.22. The first-order valence-corrected chi connectivity index (χ1v) is 8.22. The highest BCUT2D eigenvalue weighted by Gasteiger charge is 2.43. The monoisotopic (exact) mass is 340 g/mol. The molecule has 4 rings (SSSR count). The summed E-state index contributed by atoms with van der Waals surface area (Å²) in [4.78, 5) is 17.6. The van der Waals surface area contributed by atoms with Gasteiger partial charge in [0.1, 0.15) is 11.8 Å². The van der Waals surface area contributed by atoms with Gasteiger partial charge in [-0.25, -0.2) is 15.0 Å². The van der Waals surface area contributed by atoms with Crippen molar-refractivity contribution in [3.05, 3.63) is 12.7 Å². The van der Waals surface area contributed by atoms with Crippen LogP contribution in [0.1, 0.15) is 25.7 Å². The summed E-state index contributed by atoms with van der Waals surface area (Å²) in [6.45, 7) is 1.08. The Morgan fingerprint density at radius 1 is 1.12 bits per heavy atom. The number of piperidine rings is 1. The molecule has 0 amide bonds. The Morgan fingerprint density at radius 3 is 2.58 bits per heavy atom. The van der Waals surface area contributed by atoms with Gasteiger partial charge in [0.2, 0.25) is 0 Å². The Bertz CT molecular complexity index is 701. The summed E-state index contributed by atoms with van der Waals surface area (Å²) in [5.74, 6) is -0.394. The number of aromatic amines is 1. The van der Waals surface area contributed by atoms with Gasteiger partial charge in [0.15, 0.2) is 11.5 Å². The number of hydrogen-bond acceptors (Lipinski definition) is 5. The maximum atomic E-state index is 12.7. The molecular formula is C15H19F3N6. The molecule has 0 unspecified atom stereocenters. The van der Waals surface area contributed by atoms with E-state index < -0.39 is 12.1 Å². The van der Waals surface area contributed by atoms with Gasteiger partial charge in [-0.1, -0.05) is 0 Å². The average molecular weight is 340 g/mol. The Hall–Kier alpha value is -1.90. The molecule has 3 heterocycles. The quantitative estimate of drug-likeness (QED) is 0.899. The highest BCUT2D eigenvalue weighted by Crippen LogP contribution is 2.37. The van der Waals surface area contributed by atoms with Crippen molar-refractivity contribution >= 4 is 17.0 Å². The molecule has 24 heavy (non-hydrogen) atoms. The minimum atomic E-state index is -4.04. The highest BCUT2D eigenvalue weighted by molar-refractivity contribution is 5.82. The topological polar surface area (TPSA) is 69.7 Å². The molecule has 2 aromatic rings. The fourth-order valence-electron chi connectivity index (χ4n) is 3.66. The largest absolute Gasteiger partial charge is 0.391 e. The SMILES string of the molecule is FC(F)(F)C1CCN(C2CC(Nc3ncnc4nc[nH]c34)C2)CC1. The molecule has 6 nitrogen and oxygen atoms in total. The zero-order chi connectivity index (χ0) is 16.7. The molecule has 0 radical (unpaired) electrons. The van der Waals surface area contributed by atoms with E-state index in [2.05, 4.69) is 30.2 Å². The van der Waals surface area contributed by atoms with Crippen LogP contribution in [-0.4, -0.2) is 56.2 Å². The van der Waals surface area contributed by atoms with E-state index in [1.165, 1.54) is 6.33 Å². The van der Waals surface area contributed by atoms with E-state index in [9.17, 15) is 13.2 Å². The van der Waals surface area contributed by atoms with Gasteiger partial charge in [0.25, 0.3) is 0 Å². The summed E-state index contributed by atoms with van der Waals surface area (Å²) in [6.07, 6.45) is 1.31. The summed E-state index contributed by atoms with van der Waals surface area (Å²) in [7, 11) is 0. The lowest BCUT2D eigenvalue weighted by Crippen LogP contribution is -2.53. The number of nitrogens with zero attached hydrogens (tertiary/aromatic N) is 4. The first kappa shape index (κ1) is 15.6. The summed E-state index contributed by atoms with van der Waals surface area (Å²) in [5.41, 5.74) is 1.41. The number of nitrogens with one attached hydrogen (secondary N) is 2. The van der Waals surface area contributed by atoms with Crippen LogP contribution in [0.3, 0.4) is 0 Å². The van der Waals surface area contributed by atoms with Gasteiger partial charge in [-0.3, -0.25) is 0 Å². The predicted molar refractivity (Wildman–Crippen MR) is 82.5 cm³/mol. The molecule has 1 saturated carbocycles. The lowest BCUT2D eigenvalue weighted by molar-refractivity contribution is -0.187. The van der Waals surface area contributed by atoms with Crippen LogP contribution in [0.25, 0.3) is 11.2 Å². The third-order valence-electron chi connectivity index (χ3n) is 5.19. The van der Waals surface area contributed by atoms with E-state index >= 15 is 0 Å². The number of likely N-dealkylation sites (tertiary alicyclic amines) is 1. The van der Waals surface area contributed by atoms with Crippen molar-refractivity contribution in [1.29, 1.82) is 0 Å². The normalized spacial score (nSPS) is 26.5. The molecular weight excluding hydrogens is 321 g/mol. The van der Waals surface area contributed by atoms with Crippen molar-refractivity contribution in [3.8, 4) is 0 Å². The molecule has 2 aromatic heterocycles. The van der Waals surface area contributed by atoms with Crippen LogP contribution in [0.4, 0.5) is 19.0 Å². The molecule has 9 heteroatoms. The van der Waals surface area contributed by atoms with Gasteiger partial charge in [-0.2, -0.15) is 13.2 Å². The molecule has 0 aromatic carbocycles. The molecule has 0 atom stereocenters. The van der Waals surface area contributed by atoms with Gasteiger partial charge in [0, 0.05) is 12.1 Å².